The number of aryl methyl sites for hydroxylation is 1. The molecule has 0 spiro atoms. The molecule has 30 heavy (non-hydrogen) atoms. The third-order valence-corrected chi connectivity index (χ3v) is 5.53. The fraction of sp³-hybridized carbons (Fsp3) is 0.524. The van der Waals surface area contributed by atoms with E-state index in [2.05, 4.69) is 38.8 Å². The Balaban J connectivity index is 1.92. The standard InChI is InChI=1S/C21H29F2N7/c1-6-18(29(7-2)24-5)15(4)26-19(16-8-10-21(22,23)11-9-16)17-13-30-20(27-17)25-12-14(3)28-30/h6,12-13,16,19,26H,4-5,7-11H2,1-3H3/b18-6-. The molecule has 0 aromatic carbocycles. The summed E-state index contributed by atoms with van der Waals surface area (Å²) in [6, 6.07) is -0.295. The Morgan fingerprint density at radius 3 is 2.77 bits per heavy atom. The van der Waals surface area contributed by atoms with Crippen molar-refractivity contribution < 1.29 is 8.78 Å². The van der Waals surface area contributed by atoms with Crippen molar-refractivity contribution in [1.29, 1.82) is 0 Å². The number of fused-ring (bicyclic) bond motifs is 1. The molecule has 0 amide bonds. The quantitative estimate of drug-likeness (QED) is 0.395. The average Bonchev–Trinajstić information content (AvgIpc) is 3.13. The number of hydrogen-bond acceptors (Lipinski definition) is 6. The predicted octanol–water partition coefficient (Wildman–Crippen LogP) is 4.24. The van der Waals surface area contributed by atoms with Crippen molar-refractivity contribution >= 4 is 12.5 Å². The maximum Gasteiger partial charge on any atom is 0.250 e. The van der Waals surface area contributed by atoms with Crippen LogP contribution in [-0.4, -0.2) is 43.8 Å². The van der Waals surface area contributed by atoms with Gasteiger partial charge in [0.25, 0.3) is 5.78 Å². The van der Waals surface area contributed by atoms with E-state index in [1.54, 1.807) is 15.7 Å². The highest BCUT2D eigenvalue weighted by Crippen LogP contribution is 2.41. The van der Waals surface area contributed by atoms with E-state index in [-0.39, 0.29) is 24.8 Å². The first-order chi connectivity index (χ1) is 14.3. The van der Waals surface area contributed by atoms with E-state index in [0.717, 1.165) is 11.4 Å². The zero-order chi connectivity index (χ0) is 21.9. The summed E-state index contributed by atoms with van der Waals surface area (Å²) in [4.78, 5) is 8.93. The summed E-state index contributed by atoms with van der Waals surface area (Å²) < 4.78 is 29.2. The molecule has 1 unspecified atom stereocenters. The van der Waals surface area contributed by atoms with Crippen molar-refractivity contribution in [1.82, 2.24) is 29.9 Å². The number of halogens is 2. The van der Waals surface area contributed by atoms with E-state index < -0.39 is 5.92 Å². The van der Waals surface area contributed by atoms with Gasteiger partial charge in [0, 0.05) is 26.1 Å². The maximum absolute atomic E-state index is 13.8. The number of nitrogens with one attached hydrogen (secondary N) is 1. The van der Waals surface area contributed by atoms with Crippen LogP contribution < -0.4 is 5.32 Å². The summed E-state index contributed by atoms with van der Waals surface area (Å²) in [7, 11) is 0. The van der Waals surface area contributed by atoms with Gasteiger partial charge in [-0.3, -0.25) is 5.01 Å². The van der Waals surface area contributed by atoms with E-state index in [4.69, 9.17) is 0 Å². The molecule has 1 saturated carbocycles. The van der Waals surface area contributed by atoms with E-state index in [0.29, 0.717) is 36.6 Å². The highest BCUT2D eigenvalue weighted by Gasteiger charge is 2.39. The van der Waals surface area contributed by atoms with Crippen LogP contribution in [0.1, 0.15) is 57.0 Å². The van der Waals surface area contributed by atoms with Gasteiger partial charge in [-0.15, -0.1) is 0 Å². The molecule has 1 aliphatic carbocycles. The minimum atomic E-state index is -2.60. The average molecular weight is 418 g/mol. The monoisotopic (exact) mass is 417 g/mol. The molecule has 2 heterocycles. The number of nitrogens with zero attached hydrogens (tertiary/aromatic N) is 6. The lowest BCUT2D eigenvalue weighted by Gasteiger charge is -2.35. The second-order valence-electron chi connectivity index (χ2n) is 7.63. The second kappa shape index (κ2) is 8.89. The Morgan fingerprint density at radius 2 is 2.17 bits per heavy atom. The van der Waals surface area contributed by atoms with Gasteiger partial charge in [0.15, 0.2) is 0 Å². The first kappa shape index (κ1) is 21.9. The van der Waals surface area contributed by atoms with Gasteiger partial charge in [-0.1, -0.05) is 12.7 Å². The Hall–Kier alpha value is -2.84. The topological polar surface area (TPSA) is 70.7 Å². The zero-order valence-corrected chi connectivity index (χ0v) is 17.8. The summed E-state index contributed by atoms with van der Waals surface area (Å²) in [6.45, 7) is 14.1. The maximum atomic E-state index is 13.8. The molecule has 0 aliphatic heterocycles. The molecular weight excluding hydrogens is 388 g/mol. The van der Waals surface area contributed by atoms with Crippen molar-refractivity contribution in [2.45, 2.75) is 58.4 Å². The number of hydrogen-bond donors (Lipinski definition) is 1. The normalized spacial score (nSPS) is 18.2. The lowest BCUT2D eigenvalue weighted by Crippen LogP contribution is -2.35. The van der Waals surface area contributed by atoms with Crippen molar-refractivity contribution in [3.8, 4) is 0 Å². The molecule has 3 rings (SSSR count). The first-order valence-corrected chi connectivity index (χ1v) is 10.2. The zero-order valence-electron chi connectivity index (χ0n) is 17.8. The molecule has 2 aromatic heterocycles. The molecule has 9 heteroatoms. The van der Waals surface area contributed by atoms with Crippen LogP contribution in [0, 0.1) is 12.8 Å². The highest BCUT2D eigenvalue weighted by atomic mass is 19.3. The minimum Gasteiger partial charge on any atom is -0.375 e. The predicted molar refractivity (Wildman–Crippen MR) is 113 cm³/mol. The number of rotatable bonds is 8. The fourth-order valence-corrected chi connectivity index (χ4v) is 3.95. The smallest absolute Gasteiger partial charge is 0.250 e. The third-order valence-electron chi connectivity index (χ3n) is 5.53. The highest BCUT2D eigenvalue weighted by molar-refractivity contribution is 5.33. The van der Waals surface area contributed by atoms with Crippen LogP contribution in [0.15, 0.2) is 41.5 Å². The van der Waals surface area contributed by atoms with Crippen LogP contribution >= 0.6 is 0 Å². The van der Waals surface area contributed by atoms with Gasteiger partial charge in [0.1, 0.15) is 0 Å². The van der Waals surface area contributed by atoms with Crippen LogP contribution in [0.2, 0.25) is 0 Å². The molecular formula is C21H29F2N7. The molecule has 2 aromatic rings. The Labute approximate surface area is 175 Å². The van der Waals surface area contributed by atoms with E-state index in [1.807, 2.05) is 33.0 Å². The minimum absolute atomic E-state index is 0.0164. The lowest BCUT2D eigenvalue weighted by atomic mass is 9.81. The third kappa shape index (κ3) is 4.66. The van der Waals surface area contributed by atoms with Gasteiger partial charge in [0.05, 0.1) is 41.2 Å². The Morgan fingerprint density at radius 1 is 1.47 bits per heavy atom. The fourth-order valence-electron chi connectivity index (χ4n) is 3.95. The van der Waals surface area contributed by atoms with Gasteiger partial charge in [-0.2, -0.15) is 10.2 Å². The second-order valence-corrected chi connectivity index (χ2v) is 7.63. The molecule has 7 nitrogen and oxygen atoms in total. The summed E-state index contributed by atoms with van der Waals surface area (Å²) in [5.41, 5.74) is 2.91. The van der Waals surface area contributed by atoms with E-state index in [1.165, 1.54) is 0 Å². The van der Waals surface area contributed by atoms with Crippen LogP contribution in [0.5, 0.6) is 0 Å². The van der Waals surface area contributed by atoms with Gasteiger partial charge < -0.3 is 5.32 Å². The van der Waals surface area contributed by atoms with Crippen LogP contribution in [-0.2, 0) is 0 Å². The van der Waals surface area contributed by atoms with Crippen molar-refractivity contribution in [3.05, 3.63) is 47.8 Å². The summed E-state index contributed by atoms with van der Waals surface area (Å²) in [5, 5.41) is 13.6. The van der Waals surface area contributed by atoms with E-state index >= 15 is 0 Å². The summed E-state index contributed by atoms with van der Waals surface area (Å²) in [5.74, 6) is -2.14. The molecule has 0 bridgehead atoms. The van der Waals surface area contributed by atoms with Gasteiger partial charge >= 0.3 is 0 Å². The number of aromatic nitrogens is 4. The molecule has 1 N–H and O–H groups in total. The number of allylic oxidation sites excluding steroid dienone is 1. The number of imidazole rings is 1. The van der Waals surface area contributed by atoms with E-state index in [9.17, 15) is 8.78 Å². The number of likely N-dealkylation sites (N-methyl/N-ethyl adjacent to an activating group) is 1. The molecule has 0 saturated heterocycles. The van der Waals surface area contributed by atoms with Gasteiger partial charge in [0.2, 0.25) is 5.92 Å². The summed E-state index contributed by atoms with van der Waals surface area (Å²) in [6.07, 6.45) is 5.90. The van der Waals surface area contributed by atoms with Gasteiger partial charge in [-0.05, 0) is 39.5 Å². The molecule has 1 aliphatic rings. The number of hydrazone groups is 1. The molecule has 162 valence electrons. The molecule has 1 atom stereocenters. The largest absolute Gasteiger partial charge is 0.375 e. The van der Waals surface area contributed by atoms with Crippen LogP contribution in [0.4, 0.5) is 8.78 Å². The Bertz CT molecular complexity index is 940. The van der Waals surface area contributed by atoms with Crippen LogP contribution in [0.25, 0.3) is 5.78 Å². The molecule has 0 radical (unpaired) electrons. The van der Waals surface area contributed by atoms with Crippen molar-refractivity contribution in [2.75, 3.05) is 6.54 Å². The Kier molecular flexibility index (Phi) is 6.48. The van der Waals surface area contributed by atoms with Crippen molar-refractivity contribution in [3.63, 3.8) is 0 Å². The lowest BCUT2D eigenvalue weighted by molar-refractivity contribution is -0.0495. The summed E-state index contributed by atoms with van der Waals surface area (Å²) >= 11 is 0. The SMILES string of the molecule is C=NN(CC)/C(=C\C)C(=C)NC(c1cn2nc(C)cnc2n1)C1CCC(F)(F)CC1. The first-order valence-electron chi connectivity index (χ1n) is 10.2. The van der Waals surface area contributed by atoms with Gasteiger partial charge in [-0.25, -0.2) is 23.3 Å². The van der Waals surface area contributed by atoms with Crippen LogP contribution in [0.3, 0.4) is 0 Å². The van der Waals surface area contributed by atoms with Crippen molar-refractivity contribution in [2.24, 2.45) is 11.0 Å². The molecule has 1 fully saturated rings. The number of alkyl halides is 2.